The average molecular weight is 491 g/mol. The van der Waals surface area contributed by atoms with Gasteiger partial charge in [-0.05, 0) is 54.6 Å². The highest BCUT2D eigenvalue weighted by Crippen LogP contribution is 2.35. The maximum absolute atomic E-state index is 13.1. The zero-order valence-electron chi connectivity index (χ0n) is 18.7. The number of hydrogen-bond donors (Lipinski definition) is 3. The summed E-state index contributed by atoms with van der Waals surface area (Å²) in [5, 5.41) is 9.73. The molecule has 35 heavy (non-hydrogen) atoms. The summed E-state index contributed by atoms with van der Waals surface area (Å²) in [7, 11) is -2.21. The number of nitrogens with one attached hydrogen (secondary N) is 3. The topological polar surface area (TPSA) is 122 Å². The molecule has 0 aliphatic carbocycles. The standard InChI is InChI=1S/C25H22N4O5S/c1-26-35(31,32)19-9-6-16(7-10-19)20-12-17(18-13-27-28-14-18)8-11-21(20)29-25(30)24-15-33-22-4-2-3-5-23(22)34-24/h2-14,24,26H,15H2,1H3,(H,27,28)(H,29,30). The van der Waals surface area contributed by atoms with Gasteiger partial charge in [0.1, 0.15) is 6.61 Å². The number of rotatable bonds is 6. The lowest BCUT2D eigenvalue weighted by molar-refractivity contribution is -0.125. The Kier molecular flexibility index (Phi) is 5.98. The van der Waals surface area contributed by atoms with Crippen LogP contribution < -0.4 is 19.5 Å². The van der Waals surface area contributed by atoms with Gasteiger partial charge < -0.3 is 14.8 Å². The minimum absolute atomic E-state index is 0.0852. The number of hydrogen-bond acceptors (Lipinski definition) is 6. The first-order valence-corrected chi connectivity index (χ1v) is 12.3. The monoisotopic (exact) mass is 490 g/mol. The number of nitrogens with zero attached hydrogens (tertiary/aromatic N) is 1. The van der Waals surface area contributed by atoms with Crippen LogP contribution in [0, 0.1) is 0 Å². The predicted molar refractivity (Wildman–Crippen MR) is 131 cm³/mol. The largest absolute Gasteiger partial charge is 0.485 e. The summed E-state index contributed by atoms with van der Waals surface area (Å²) < 4.78 is 38.1. The second-order valence-corrected chi connectivity index (χ2v) is 9.72. The van der Waals surface area contributed by atoms with Gasteiger partial charge in [-0.1, -0.05) is 30.3 Å². The Bertz CT molecular complexity index is 1470. The van der Waals surface area contributed by atoms with E-state index >= 15 is 0 Å². The number of anilines is 1. The Hall–Kier alpha value is -4.15. The molecule has 5 rings (SSSR count). The van der Waals surface area contributed by atoms with Crippen LogP contribution in [0.1, 0.15) is 0 Å². The molecule has 1 amide bonds. The number of aromatic nitrogens is 2. The second kappa shape index (κ2) is 9.24. The lowest BCUT2D eigenvalue weighted by Crippen LogP contribution is -2.40. The normalized spacial score (nSPS) is 14.9. The highest BCUT2D eigenvalue weighted by molar-refractivity contribution is 7.89. The number of para-hydroxylation sites is 2. The molecule has 0 spiro atoms. The van der Waals surface area contributed by atoms with Crippen LogP contribution in [0.3, 0.4) is 0 Å². The maximum Gasteiger partial charge on any atom is 0.269 e. The van der Waals surface area contributed by atoms with Gasteiger partial charge in [-0.25, -0.2) is 13.1 Å². The van der Waals surface area contributed by atoms with Crippen molar-refractivity contribution in [1.29, 1.82) is 0 Å². The number of aromatic amines is 1. The summed E-state index contributed by atoms with van der Waals surface area (Å²) in [4.78, 5) is 13.2. The van der Waals surface area contributed by atoms with Gasteiger partial charge in [0.15, 0.2) is 11.5 Å². The van der Waals surface area contributed by atoms with E-state index in [-0.39, 0.29) is 17.4 Å². The number of benzene rings is 3. The fourth-order valence-electron chi connectivity index (χ4n) is 3.77. The van der Waals surface area contributed by atoms with E-state index in [0.717, 1.165) is 16.7 Å². The molecule has 1 atom stereocenters. The van der Waals surface area contributed by atoms with Crippen LogP contribution in [0.5, 0.6) is 11.5 Å². The van der Waals surface area contributed by atoms with Crippen molar-refractivity contribution in [3.05, 3.63) is 79.1 Å². The van der Waals surface area contributed by atoms with E-state index in [4.69, 9.17) is 9.47 Å². The molecule has 0 bridgehead atoms. The number of fused-ring (bicyclic) bond motifs is 1. The molecule has 2 heterocycles. The summed E-state index contributed by atoms with van der Waals surface area (Å²) in [6.07, 6.45) is 2.64. The van der Waals surface area contributed by atoms with Crippen molar-refractivity contribution in [3.8, 4) is 33.8 Å². The first-order chi connectivity index (χ1) is 16.9. The van der Waals surface area contributed by atoms with Crippen LogP contribution in [0.4, 0.5) is 5.69 Å². The van der Waals surface area contributed by atoms with E-state index in [2.05, 4.69) is 20.2 Å². The minimum Gasteiger partial charge on any atom is -0.485 e. The van der Waals surface area contributed by atoms with E-state index in [9.17, 15) is 13.2 Å². The zero-order valence-corrected chi connectivity index (χ0v) is 19.5. The molecule has 0 radical (unpaired) electrons. The van der Waals surface area contributed by atoms with Crippen LogP contribution in [0.15, 0.2) is 84.0 Å². The van der Waals surface area contributed by atoms with Gasteiger partial charge >= 0.3 is 0 Å². The Morgan fingerprint density at radius 2 is 1.74 bits per heavy atom. The van der Waals surface area contributed by atoms with Crippen LogP contribution in [-0.2, 0) is 14.8 Å². The molecule has 1 aliphatic heterocycles. The van der Waals surface area contributed by atoms with Gasteiger partial charge in [0.25, 0.3) is 5.91 Å². The van der Waals surface area contributed by atoms with Gasteiger partial charge in [0, 0.05) is 23.0 Å². The molecule has 0 saturated heterocycles. The molecule has 0 saturated carbocycles. The van der Waals surface area contributed by atoms with Crippen molar-refractivity contribution in [2.24, 2.45) is 0 Å². The third kappa shape index (κ3) is 4.61. The van der Waals surface area contributed by atoms with Gasteiger partial charge in [-0.15, -0.1) is 0 Å². The fourth-order valence-corrected chi connectivity index (χ4v) is 4.50. The average Bonchev–Trinajstić information content (AvgIpc) is 3.44. The summed E-state index contributed by atoms with van der Waals surface area (Å²) in [6, 6.07) is 19.2. The summed E-state index contributed by atoms with van der Waals surface area (Å²) in [5.41, 5.74) is 3.74. The van der Waals surface area contributed by atoms with E-state index in [0.29, 0.717) is 22.7 Å². The number of carbonyl (C=O) groups is 1. The van der Waals surface area contributed by atoms with Gasteiger partial charge in [0.2, 0.25) is 16.1 Å². The summed E-state index contributed by atoms with van der Waals surface area (Å²) >= 11 is 0. The molecule has 3 aromatic carbocycles. The SMILES string of the molecule is CNS(=O)(=O)c1ccc(-c2cc(-c3cn[nH]c3)ccc2NC(=O)C2COc3ccccc3O2)cc1. The Morgan fingerprint density at radius 3 is 2.46 bits per heavy atom. The smallest absolute Gasteiger partial charge is 0.269 e. The summed E-state index contributed by atoms with van der Waals surface area (Å²) in [6.45, 7) is 0.0852. The van der Waals surface area contributed by atoms with Crippen molar-refractivity contribution < 1.29 is 22.7 Å². The molecular weight excluding hydrogens is 468 g/mol. The minimum atomic E-state index is -3.57. The molecule has 1 aromatic heterocycles. The number of sulfonamides is 1. The van der Waals surface area contributed by atoms with Crippen molar-refractivity contribution >= 4 is 21.6 Å². The fraction of sp³-hybridized carbons (Fsp3) is 0.120. The molecule has 3 N–H and O–H groups in total. The maximum atomic E-state index is 13.1. The van der Waals surface area contributed by atoms with Crippen LogP contribution in [0.2, 0.25) is 0 Å². The van der Waals surface area contributed by atoms with Gasteiger partial charge in [-0.2, -0.15) is 5.10 Å². The van der Waals surface area contributed by atoms with Crippen molar-refractivity contribution in [1.82, 2.24) is 14.9 Å². The Balaban J connectivity index is 1.47. The zero-order chi connectivity index (χ0) is 24.4. The van der Waals surface area contributed by atoms with E-state index < -0.39 is 16.1 Å². The highest BCUT2D eigenvalue weighted by Gasteiger charge is 2.28. The van der Waals surface area contributed by atoms with Gasteiger partial charge in [-0.3, -0.25) is 9.89 Å². The number of H-pyrrole nitrogens is 1. The first-order valence-electron chi connectivity index (χ1n) is 10.8. The lowest BCUT2D eigenvalue weighted by atomic mass is 9.98. The van der Waals surface area contributed by atoms with E-state index in [1.807, 2.05) is 24.3 Å². The van der Waals surface area contributed by atoms with Crippen LogP contribution in [-0.4, -0.2) is 44.3 Å². The molecule has 1 unspecified atom stereocenters. The quantitative estimate of drug-likeness (QED) is 0.381. The van der Waals surface area contributed by atoms with E-state index in [1.165, 1.54) is 19.2 Å². The Labute approximate surface area is 202 Å². The van der Waals surface area contributed by atoms with Crippen molar-refractivity contribution in [2.75, 3.05) is 19.0 Å². The predicted octanol–water partition coefficient (Wildman–Crippen LogP) is 3.43. The third-order valence-electron chi connectivity index (χ3n) is 5.65. The van der Waals surface area contributed by atoms with Crippen molar-refractivity contribution in [3.63, 3.8) is 0 Å². The second-order valence-electron chi connectivity index (χ2n) is 7.83. The first kappa shape index (κ1) is 22.6. The number of amides is 1. The van der Waals surface area contributed by atoms with Crippen LogP contribution in [0.25, 0.3) is 22.3 Å². The molecule has 0 fully saturated rings. The molecule has 4 aromatic rings. The molecule has 178 valence electrons. The number of carbonyl (C=O) groups excluding carboxylic acids is 1. The number of ether oxygens (including phenoxy) is 2. The molecular formula is C25H22N4O5S. The third-order valence-corrected chi connectivity index (χ3v) is 7.08. The summed E-state index contributed by atoms with van der Waals surface area (Å²) in [5.74, 6) is 0.750. The van der Waals surface area contributed by atoms with Crippen molar-refractivity contribution in [2.45, 2.75) is 11.0 Å². The Morgan fingerprint density at radius 1 is 1.00 bits per heavy atom. The van der Waals surface area contributed by atoms with Gasteiger partial charge in [0.05, 0.1) is 11.1 Å². The molecule has 10 heteroatoms. The highest BCUT2D eigenvalue weighted by atomic mass is 32.2. The van der Waals surface area contributed by atoms with Crippen LogP contribution >= 0.6 is 0 Å². The lowest BCUT2D eigenvalue weighted by Gasteiger charge is -2.26. The van der Waals surface area contributed by atoms with E-state index in [1.54, 1.807) is 42.7 Å². The molecule has 9 nitrogen and oxygen atoms in total. The molecule has 1 aliphatic rings.